The molecule has 0 aliphatic heterocycles. The molecule has 2 atom stereocenters. The number of hydrogen-bond acceptors (Lipinski definition) is 6. The van der Waals surface area contributed by atoms with Gasteiger partial charge in [0.05, 0.1) is 5.92 Å². The maximum atomic E-state index is 12.8. The van der Waals surface area contributed by atoms with Crippen LogP contribution in [0.25, 0.3) is 0 Å². The lowest BCUT2D eigenvalue weighted by atomic mass is 9.70. The molecule has 156 valence electrons. The fraction of sp³-hybridized carbons (Fsp3) is 0.500. The van der Waals surface area contributed by atoms with Crippen LogP contribution in [0.3, 0.4) is 0 Å². The Bertz CT molecular complexity index is 882. The minimum atomic E-state index is -0.684. The number of rotatable bonds is 8. The van der Waals surface area contributed by atoms with Crippen LogP contribution in [-0.2, 0) is 16.0 Å². The topological polar surface area (TPSA) is 113 Å². The van der Waals surface area contributed by atoms with Crippen molar-refractivity contribution < 1.29 is 9.59 Å². The molecule has 5 N–H and O–H groups in total. The standard InChI is InChI=1S/C20H27N5O2S2/c21-20(12-9-16(26)22-13-10-14-6-2-1-3-7-14)11-5-4-8-15(20)17(27)23-18-24-25-19(28)29-18/h1-3,6-7,15H,4-5,8-13,21H2,(H,22,26)(H,25,28)(H,23,24,27)/t15?,20-/m0/s1. The van der Waals surface area contributed by atoms with Gasteiger partial charge in [-0.15, -0.1) is 5.10 Å². The lowest BCUT2D eigenvalue weighted by Gasteiger charge is -2.40. The highest BCUT2D eigenvalue weighted by molar-refractivity contribution is 7.73. The Morgan fingerprint density at radius 2 is 2.10 bits per heavy atom. The van der Waals surface area contributed by atoms with E-state index in [1.165, 1.54) is 16.9 Å². The van der Waals surface area contributed by atoms with Crippen molar-refractivity contribution in [3.63, 3.8) is 0 Å². The monoisotopic (exact) mass is 433 g/mol. The number of nitrogens with one attached hydrogen (secondary N) is 3. The highest BCUT2D eigenvalue weighted by Gasteiger charge is 2.41. The molecule has 7 nitrogen and oxygen atoms in total. The Hall–Kier alpha value is -2.10. The molecule has 2 amide bonds. The number of amides is 2. The second-order valence-electron chi connectivity index (χ2n) is 7.52. The van der Waals surface area contributed by atoms with Gasteiger partial charge in [-0.2, -0.15) is 0 Å². The van der Waals surface area contributed by atoms with Crippen LogP contribution in [0.15, 0.2) is 30.3 Å². The summed E-state index contributed by atoms with van der Waals surface area (Å²) >= 11 is 6.22. The molecule has 1 aromatic carbocycles. The first-order valence-corrected chi connectivity index (χ1v) is 11.1. The third-order valence-corrected chi connectivity index (χ3v) is 6.46. The van der Waals surface area contributed by atoms with Crippen LogP contribution in [0.2, 0.25) is 0 Å². The van der Waals surface area contributed by atoms with Crippen molar-refractivity contribution in [1.82, 2.24) is 15.5 Å². The van der Waals surface area contributed by atoms with Crippen LogP contribution < -0.4 is 16.4 Å². The molecule has 0 radical (unpaired) electrons. The molecule has 1 unspecified atom stereocenters. The number of carbonyl (C=O) groups is 2. The molecule has 1 fully saturated rings. The van der Waals surface area contributed by atoms with E-state index in [0.29, 0.717) is 34.9 Å². The van der Waals surface area contributed by atoms with Crippen molar-refractivity contribution in [3.05, 3.63) is 39.8 Å². The van der Waals surface area contributed by atoms with E-state index in [-0.39, 0.29) is 17.7 Å². The predicted molar refractivity (Wildman–Crippen MR) is 117 cm³/mol. The normalized spacial score (nSPS) is 21.5. The maximum Gasteiger partial charge on any atom is 0.231 e. The molecule has 9 heteroatoms. The predicted octanol–water partition coefficient (Wildman–Crippen LogP) is 3.17. The van der Waals surface area contributed by atoms with Crippen LogP contribution in [0.1, 0.15) is 44.1 Å². The molecule has 0 spiro atoms. The summed E-state index contributed by atoms with van der Waals surface area (Å²) in [5, 5.41) is 12.9. The molecular formula is C20H27N5O2S2. The number of carbonyl (C=O) groups excluding carboxylic acids is 2. The lowest BCUT2D eigenvalue weighted by Crippen LogP contribution is -2.54. The van der Waals surface area contributed by atoms with Gasteiger partial charge in [0.25, 0.3) is 0 Å². The van der Waals surface area contributed by atoms with Gasteiger partial charge >= 0.3 is 0 Å². The molecule has 1 saturated carbocycles. The number of H-pyrrole nitrogens is 1. The minimum absolute atomic E-state index is 0.0271. The minimum Gasteiger partial charge on any atom is -0.356 e. The number of aromatic nitrogens is 2. The molecule has 1 aliphatic carbocycles. The summed E-state index contributed by atoms with van der Waals surface area (Å²) in [4.78, 5) is 25.1. The Kier molecular flexibility index (Phi) is 7.51. The zero-order valence-electron chi connectivity index (χ0n) is 16.3. The third kappa shape index (κ3) is 6.19. The fourth-order valence-corrected chi connectivity index (χ4v) is 4.65. The molecule has 1 aromatic heterocycles. The molecule has 0 saturated heterocycles. The summed E-state index contributed by atoms with van der Waals surface area (Å²) in [6, 6.07) is 10.0. The van der Waals surface area contributed by atoms with Crippen molar-refractivity contribution in [2.75, 3.05) is 11.9 Å². The number of anilines is 1. The number of nitrogens with zero attached hydrogens (tertiary/aromatic N) is 1. The second kappa shape index (κ2) is 10.1. The molecule has 0 bridgehead atoms. The fourth-order valence-electron chi connectivity index (χ4n) is 3.86. The van der Waals surface area contributed by atoms with E-state index in [4.69, 9.17) is 18.0 Å². The van der Waals surface area contributed by atoms with E-state index in [9.17, 15) is 9.59 Å². The Morgan fingerprint density at radius 3 is 2.83 bits per heavy atom. The summed E-state index contributed by atoms with van der Waals surface area (Å²) in [5.74, 6) is -0.513. The van der Waals surface area contributed by atoms with Gasteiger partial charge < -0.3 is 16.4 Å². The van der Waals surface area contributed by atoms with Crippen LogP contribution in [0.4, 0.5) is 5.13 Å². The van der Waals surface area contributed by atoms with Crippen molar-refractivity contribution in [1.29, 1.82) is 0 Å². The Labute approximate surface area is 179 Å². The van der Waals surface area contributed by atoms with Crippen molar-refractivity contribution >= 4 is 40.5 Å². The third-order valence-electron chi connectivity index (χ3n) is 5.46. The smallest absolute Gasteiger partial charge is 0.231 e. The van der Waals surface area contributed by atoms with Crippen LogP contribution in [-0.4, -0.2) is 34.1 Å². The Morgan fingerprint density at radius 1 is 1.31 bits per heavy atom. The maximum absolute atomic E-state index is 12.8. The van der Waals surface area contributed by atoms with E-state index in [2.05, 4.69) is 20.8 Å². The number of hydrogen-bond donors (Lipinski definition) is 4. The van der Waals surface area contributed by atoms with Gasteiger partial charge in [0.1, 0.15) is 0 Å². The molecular weight excluding hydrogens is 406 g/mol. The summed E-state index contributed by atoms with van der Waals surface area (Å²) in [6.07, 6.45) is 4.97. The highest BCUT2D eigenvalue weighted by atomic mass is 32.1. The van der Waals surface area contributed by atoms with Crippen molar-refractivity contribution in [2.24, 2.45) is 11.7 Å². The quantitative estimate of drug-likeness (QED) is 0.478. The molecule has 2 aromatic rings. The van der Waals surface area contributed by atoms with E-state index in [1.807, 2.05) is 30.3 Å². The van der Waals surface area contributed by atoms with Crippen molar-refractivity contribution in [2.45, 2.75) is 50.5 Å². The first-order valence-electron chi connectivity index (χ1n) is 9.92. The van der Waals surface area contributed by atoms with E-state index in [1.54, 1.807) is 0 Å². The first kappa shape index (κ1) is 21.6. The molecule has 1 aliphatic rings. The number of nitrogens with two attached hydrogens (primary N) is 1. The van der Waals surface area contributed by atoms with Crippen molar-refractivity contribution in [3.8, 4) is 0 Å². The van der Waals surface area contributed by atoms with Gasteiger partial charge in [-0.3, -0.25) is 14.7 Å². The van der Waals surface area contributed by atoms with Crippen LogP contribution >= 0.6 is 23.6 Å². The highest BCUT2D eigenvalue weighted by Crippen LogP contribution is 2.36. The largest absolute Gasteiger partial charge is 0.356 e. The SMILES string of the molecule is N[C@]1(CCC(=O)NCCc2ccccc2)CCCCC1C(=O)Nc1n[nH]c(=S)s1. The van der Waals surface area contributed by atoms with Gasteiger partial charge in [-0.1, -0.05) is 54.5 Å². The number of aromatic amines is 1. The van der Waals surface area contributed by atoms with Crippen LogP contribution in [0, 0.1) is 9.87 Å². The van der Waals surface area contributed by atoms with Gasteiger partial charge in [-0.25, -0.2) is 0 Å². The van der Waals surface area contributed by atoms with Gasteiger partial charge in [0, 0.05) is 18.5 Å². The zero-order valence-corrected chi connectivity index (χ0v) is 17.9. The van der Waals surface area contributed by atoms with E-state index >= 15 is 0 Å². The molecule has 29 heavy (non-hydrogen) atoms. The van der Waals surface area contributed by atoms with Gasteiger partial charge in [0.2, 0.25) is 16.9 Å². The van der Waals surface area contributed by atoms with E-state index in [0.717, 1.165) is 25.7 Å². The first-order chi connectivity index (χ1) is 14.0. The summed E-state index contributed by atoms with van der Waals surface area (Å²) < 4.78 is 0.509. The average Bonchev–Trinajstić information content (AvgIpc) is 3.12. The van der Waals surface area contributed by atoms with Crippen LogP contribution in [0.5, 0.6) is 0 Å². The summed E-state index contributed by atoms with van der Waals surface area (Å²) in [5.41, 5.74) is 7.15. The average molecular weight is 434 g/mol. The molecule has 1 heterocycles. The lowest BCUT2D eigenvalue weighted by molar-refractivity contribution is -0.125. The van der Waals surface area contributed by atoms with Gasteiger partial charge in [0.15, 0.2) is 3.95 Å². The van der Waals surface area contributed by atoms with Gasteiger partial charge in [-0.05, 0) is 43.5 Å². The summed E-state index contributed by atoms with van der Waals surface area (Å²) in [6.45, 7) is 0.592. The Balaban J connectivity index is 1.50. The summed E-state index contributed by atoms with van der Waals surface area (Å²) in [7, 11) is 0. The number of benzene rings is 1. The second-order valence-corrected chi connectivity index (χ2v) is 9.19. The molecule has 3 rings (SSSR count). The van der Waals surface area contributed by atoms with E-state index < -0.39 is 5.54 Å². The zero-order chi connectivity index (χ0) is 20.7.